The first kappa shape index (κ1) is 18.8. The Morgan fingerprint density at radius 3 is 2.48 bits per heavy atom. The maximum absolute atomic E-state index is 12.9. The zero-order valence-electron chi connectivity index (χ0n) is 14.8. The SMILES string of the molecule is CC1=C(C#N)C(=O)N([C@H]2CCS(=O)(=O)C2)C(=O)/C1=C/C=C/c1ccccc1. The number of amides is 2. The molecule has 1 atom stereocenters. The molecule has 0 N–H and O–H groups in total. The molecule has 2 amide bonds. The minimum Gasteiger partial charge on any atom is -0.270 e. The number of hydrogen-bond donors (Lipinski definition) is 0. The van der Waals surface area contributed by atoms with E-state index in [4.69, 9.17) is 0 Å². The quantitative estimate of drug-likeness (QED) is 0.589. The lowest BCUT2D eigenvalue weighted by Crippen LogP contribution is -2.49. The van der Waals surface area contributed by atoms with Crippen LogP contribution in [0.15, 0.2) is 59.2 Å². The Bertz CT molecular complexity index is 1030. The van der Waals surface area contributed by atoms with Gasteiger partial charge in [0.2, 0.25) is 0 Å². The van der Waals surface area contributed by atoms with E-state index in [9.17, 15) is 23.3 Å². The molecule has 3 rings (SSSR count). The molecule has 2 aliphatic rings. The van der Waals surface area contributed by atoms with E-state index >= 15 is 0 Å². The van der Waals surface area contributed by atoms with E-state index in [2.05, 4.69) is 0 Å². The molecule has 0 aromatic heterocycles. The summed E-state index contributed by atoms with van der Waals surface area (Å²) in [6.07, 6.45) is 5.25. The Kier molecular flexibility index (Phi) is 5.10. The zero-order chi connectivity index (χ0) is 19.6. The summed E-state index contributed by atoms with van der Waals surface area (Å²) in [5.41, 5.74) is 1.35. The van der Waals surface area contributed by atoms with Crippen LogP contribution in [0.4, 0.5) is 0 Å². The van der Waals surface area contributed by atoms with Crippen molar-refractivity contribution in [1.82, 2.24) is 4.90 Å². The molecule has 27 heavy (non-hydrogen) atoms. The standard InChI is InChI=1S/C20H18N2O4S/c1-14-17(9-5-8-15-6-3-2-4-7-15)19(23)22(20(24)18(14)12-21)16-10-11-27(25,26)13-16/h2-9,16H,10-11,13H2,1H3/b8-5+,17-9+/t16-/m0/s1. The van der Waals surface area contributed by atoms with Crippen LogP contribution in [0.5, 0.6) is 0 Å². The van der Waals surface area contributed by atoms with Crippen molar-refractivity contribution in [3.63, 3.8) is 0 Å². The normalized spacial score (nSPS) is 24.1. The molecule has 2 heterocycles. The van der Waals surface area contributed by atoms with E-state index in [-0.39, 0.29) is 29.1 Å². The van der Waals surface area contributed by atoms with Gasteiger partial charge in [-0.25, -0.2) is 8.42 Å². The topological polar surface area (TPSA) is 95.3 Å². The van der Waals surface area contributed by atoms with E-state index < -0.39 is 27.7 Å². The van der Waals surface area contributed by atoms with Gasteiger partial charge < -0.3 is 0 Å². The number of allylic oxidation sites excluding steroid dienone is 2. The van der Waals surface area contributed by atoms with Crippen molar-refractivity contribution >= 4 is 27.7 Å². The van der Waals surface area contributed by atoms with E-state index in [0.29, 0.717) is 5.57 Å². The number of carbonyl (C=O) groups excluding carboxylic acids is 2. The molecule has 7 heteroatoms. The molecule has 0 unspecified atom stereocenters. The molecule has 6 nitrogen and oxygen atoms in total. The molecular formula is C20H18N2O4S. The highest BCUT2D eigenvalue weighted by molar-refractivity contribution is 7.91. The summed E-state index contributed by atoms with van der Waals surface area (Å²) < 4.78 is 23.5. The minimum absolute atomic E-state index is 0.0632. The van der Waals surface area contributed by atoms with Crippen molar-refractivity contribution in [2.24, 2.45) is 0 Å². The van der Waals surface area contributed by atoms with Crippen molar-refractivity contribution in [3.8, 4) is 6.07 Å². The van der Waals surface area contributed by atoms with Crippen LogP contribution < -0.4 is 0 Å². The van der Waals surface area contributed by atoms with Gasteiger partial charge in [-0.2, -0.15) is 5.26 Å². The lowest BCUT2D eigenvalue weighted by Gasteiger charge is -2.31. The van der Waals surface area contributed by atoms with Crippen LogP contribution in [0.1, 0.15) is 18.9 Å². The van der Waals surface area contributed by atoms with Crippen LogP contribution in [-0.2, 0) is 19.4 Å². The van der Waals surface area contributed by atoms with E-state index in [1.54, 1.807) is 25.2 Å². The molecular weight excluding hydrogens is 364 g/mol. The molecule has 0 bridgehead atoms. The predicted molar refractivity (Wildman–Crippen MR) is 101 cm³/mol. The van der Waals surface area contributed by atoms with Crippen LogP contribution in [0.25, 0.3) is 6.08 Å². The number of carbonyl (C=O) groups is 2. The lowest BCUT2D eigenvalue weighted by molar-refractivity contribution is -0.142. The van der Waals surface area contributed by atoms with Crippen molar-refractivity contribution in [3.05, 3.63) is 64.8 Å². The lowest BCUT2D eigenvalue weighted by atomic mass is 9.93. The van der Waals surface area contributed by atoms with Crippen LogP contribution >= 0.6 is 0 Å². The average Bonchev–Trinajstić information content (AvgIpc) is 2.98. The van der Waals surface area contributed by atoms with E-state index in [1.807, 2.05) is 36.4 Å². The van der Waals surface area contributed by atoms with Crippen molar-refractivity contribution in [2.75, 3.05) is 11.5 Å². The first-order chi connectivity index (χ1) is 12.8. The van der Waals surface area contributed by atoms with Gasteiger partial charge in [0.25, 0.3) is 11.8 Å². The number of sulfone groups is 1. The summed E-state index contributed by atoms with van der Waals surface area (Å²) in [5.74, 6) is -1.59. The number of nitriles is 1. The molecule has 0 spiro atoms. The van der Waals surface area contributed by atoms with E-state index in [0.717, 1.165) is 10.5 Å². The highest BCUT2D eigenvalue weighted by Crippen LogP contribution is 2.30. The van der Waals surface area contributed by atoms with Crippen LogP contribution in [-0.4, -0.2) is 42.7 Å². The molecule has 1 fully saturated rings. The van der Waals surface area contributed by atoms with Gasteiger partial charge in [-0.15, -0.1) is 0 Å². The molecule has 0 radical (unpaired) electrons. The van der Waals surface area contributed by atoms with Crippen LogP contribution in [0.2, 0.25) is 0 Å². The number of nitrogens with zero attached hydrogens (tertiary/aromatic N) is 2. The average molecular weight is 382 g/mol. The second-order valence-corrected chi connectivity index (χ2v) is 8.73. The fraction of sp³-hybridized carbons (Fsp3) is 0.250. The summed E-state index contributed by atoms with van der Waals surface area (Å²) in [5, 5.41) is 9.37. The fourth-order valence-electron chi connectivity index (χ4n) is 3.26. The smallest absolute Gasteiger partial charge is 0.270 e. The Labute approximate surface area is 158 Å². The summed E-state index contributed by atoms with van der Waals surface area (Å²) in [4.78, 5) is 26.5. The third-order valence-corrected chi connectivity index (χ3v) is 6.45. The van der Waals surface area contributed by atoms with Gasteiger partial charge in [0.15, 0.2) is 9.84 Å². The number of imide groups is 1. The monoisotopic (exact) mass is 382 g/mol. The first-order valence-corrected chi connectivity index (χ1v) is 10.3. The highest BCUT2D eigenvalue weighted by Gasteiger charge is 2.43. The van der Waals surface area contributed by atoms with Gasteiger partial charge in [0.1, 0.15) is 11.6 Å². The maximum Gasteiger partial charge on any atom is 0.271 e. The molecule has 1 aromatic carbocycles. The van der Waals surface area contributed by atoms with Crippen LogP contribution in [0.3, 0.4) is 0 Å². The Morgan fingerprint density at radius 1 is 1.19 bits per heavy atom. The zero-order valence-corrected chi connectivity index (χ0v) is 15.6. The molecule has 1 aromatic rings. The van der Waals surface area contributed by atoms with Gasteiger partial charge in [-0.1, -0.05) is 42.5 Å². The molecule has 138 valence electrons. The Hall–Kier alpha value is -2.98. The maximum atomic E-state index is 12.9. The molecule has 0 saturated carbocycles. The van der Waals surface area contributed by atoms with Gasteiger partial charge in [0.05, 0.1) is 17.5 Å². The minimum atomic E-state index is -3.28. The third kappa shape index (κ3) is 3.76. The molecule has 0 aliphatic carbocycles. The third-order valence-electron chi connectivity index (χ3n) is 4.70. The molecule has 2 aliphatic heterocycles. The van der Waals surface area contributed by atoms with Gasteiger partial charge in [0, 0.05) is 5.57 Å². The number of hydrogen-bond acceptors (Lipinski definition) is 5. The molecule has 1 saturated heterocycles. The Balaban J connectivity index is 1.98. The second-order valence-electron chi connectivity index (χ2n) is 6.50. The fourth-order valence-corrected chi connectivity index (χ4v) is 4.96. The van der Waals surface area contributed by atoms with E-state index in [1.165, 1.54) is 0 Å². The van der Waals surface area contributed by atoms with Gasteiger partial charge in [-0.3, -0.25) is 14.5 Å². The summed E-state index contributed by atoms with van der Waals surface area (Å²) in [6.45, 7) is 1.55. The van der Waals surface area contributed by atoms with Crippen molar-refractivity contribution in [1.29, 1.82) is 5.26 Å². The largest absolute Gasteiger partial charge is 0.271 e. The summed E-state index contributed by atoms with van der Waals surface area (Å²) >= 11 is 0. The van der Waals surface area contributed by atoms with Crippen molar-refractivity contribution < 1.29 is 18.0 Å². The van der Waals surface area contributed by atoms with Crippen LogP contribution in [0, 0.1) is 11.3 Å². The van der Waals surface area contributed by atoms with Crippen molar-refractivity contribution in [2.45, 2.75) is 19.4 Å². The second kappa shape index (κ2) is 7.33. The highest BCUT2D eigenvalue weighted by atomic mass is 32.2. The summed E-state index contributed by atoms with van der Waals surface area (Å²) in [7, 11) is -3.28. The Morgan fingerprint density at radius 2 is 1.89 bits per heavy atom. The summed E-state index contributed by atoms with van der Waals surface area (Å²) in [6, 6.07) is 10.6. The first-order valence-electron chi connectivity index (χ1n) is 8.47. The van der Waals surface area contributed by atoms with Gasteiger partial charge in [-0.05, 0) is 30.6 Å². The predicted octanol–water partition coefficient (Wildman–Crippen LogP) is 2.02. The van der Waals surface area contributed by atoms with Gasteiger partial charge >= 0.3 is 0 Å². The number of rotatable bonds is 3. The number of benzene rings is 1.